The number of aromatic amines is 1. The lowest BCUT2D eigenvalue weighted by molar-refractivity contribution is 0.131. The van der Waals surface area contributed by atoms with Crippen molar-refractivity contribution in [1.29, 1.82) is 0 Å². The van der Waals surface area contributed by atoms with E-state index in [0.717, 1.165) is 57.8 Å². The molecule has 1 atom stereocenters. The number of amides is 2. The first-order chi connectivity index (χ1) is 12.3. The van der Waals surface area contributed by atoms with Crippen molar-refractivity contribution in [3.63, 3.8) is 0 Å². The Morgan fingerprint density at radius 3 is 2.88 bits per heavy atom. The molecule has 2 heterocycles. The molecular weight excluding hydrogens is 316 g/mol. The minimum atomic E-state index is 0.0565. The number of nitrogens with one attached hydrogen (secondary N) is 2. The van der Waals surface area contributed by atoms with E-state index in [9.17, 15) is 4.79 Å². The van der Waals surface area contributed by atoms with Crippen LogP contribution in [-0.4, -0.2) is 57.2 Å². The second kappa shape index (κ2) is 7.23. The van der Waals surface area contributed by atoms with Gasteiger partial charge in [-0.1, -0.05) is 24.3 Å². The molecule has 7 heteroatoms. The zero-order valence-corrected chi connectivity index (χ0v) is 14.3. The lowest BCUT2D eigenvalue weighted by atomic mass is 9.88. The first-order valence-corrected chi connectivity index (χ1v) is 8.99. The third-order valence-electron chi connectivity index (χ3n) is 5.16. The van der Waals surface area contributed by atoms with Gasteiger partial charge in [-0.3, -0.25) is 10.00 Å². The first-order valence-electron chi connectivity index (χ1n) is 8.99. The molecule has 1 unspecified atom stereocenters. The molecule has 2 aromatic rings. The molecule has 0 saturated carbocycles. The number of benzene rings is 1. The maximum absolute atomic E-state index is 12.7. The molecule has 0 spiro atoms. The standard InChI is InChI=1S/C18H24N6O/c25-18(21-16-7-3-5-14-4-1-2-6-15(14)16)24-10-8-23(9-11-24)12-17-19-13-20-22-17/h1-2,4,6,13,16H,3,5,7-12H2,(H,21,25)(H,19,20,22). The molecule has 1 aliphatic carbocycles. The van der Waals surface area contributed by atoms with Gasteiger partial charge in [0.25, 0.3) is 0 Å². The number of hydrogen-bond donors (Lipinski definition) is 2. The van der Waals surface area contributed by atoms with Gasteiger partial charge in [0.1, 0.15) is 12.2 Å². The summed E-state index contributed by atoms with van der Waals surface area (Å²) in [5, 5.41) is 10.0. The van der Waals surface area contributed by atoms with Crippen LogP contribution in [-0.2, 0) is 13.0 Å². The van der Waals surface area contributed by atoms with Crippen LogP contribution in [0.2, 0.25) is 0 Å². The molecule has 2 N–H and O–H groups in total. The summed E-state index contributed by atoms with van der Waals surface area (Å²) in [5.74, 6) is 0.872. The summed E-state index contributed by atoms with van der Waals surface area (Å²) >= 11 is 0. The van der Waals surface area contributed by atoms with Crippen LogP contribution in [0, 0.1) is 0 Å². The number of H-pyrrole nitrogens is 1. The number of aryl methyl sites for hydroxylation is 1. The summed E-state index contributed by atoms with van der Waals surface area (Å²) < 4.78 is 0. The number of carbonyl (C=O) groups excluding carboxylic acids is 1. The first kappa shape index (κ1) is 16.1. The van der Waals surface area contributed by atoms with Crippen LogP contribution in [0.4, 0.5) is 4.79 Å². The Bertz CT molecular complexity index is 708. The highest BCUT2D eigenvalue weighted by Gasteiger charge is 2.26. The highest BCUT2D eigenvalue weighted by Crippen LogP contribution is 2.29. The number of nitrogens with zero attached hydrogens (tertiary/aromatic N) is 4. The van der Waals surface area contributed by atoms with E-state index in [0.29, 0.717) is 0 Å². The number of carbonyl (C=O) groups is 1. The van der Waals surface area contributed by atoms with Crippen molar-refractivity contribution < 1.29 is 4.79 Å². The zero-order chi connectivity index (χ0) is 17.1. The lowest BCUT2D eigenvalue weighted by Crippen LogP contribution is -2.52. The summed E-state index contributed by atoms with van der Waals surface area (Å²) in [6, 6.07) is 8.67. The second-order valence-electron chi connectivity index (χ2n) is 6.79. The Morgan fingerprint density at radius 1 is 1.24 bits per heavy atom. The summed E-state index contributed by atoms with van der Waals surface area (Å²) in [4.78, 5) is 21.0. The molecule has 1 aromatic carbocycles. The molecule has 1 aliphatic heterocycles. The van der Waals surface area contributed by atoms with Crippen molar-refractivity contribution >= 4 is 6.03 Å². The minimum Gasteiger partial charge on any atom is -0.331 e. The van der Waals surface area contributed by atoms with E-state index in [-0.39, 0.29) is 12.1 Å². The van der Waals surface area contributed by atoms with E-state index >= 15 is 0 Å². The van der Waals surface area contributed by atoms with Crippen molar-refractivity contribution in [3.8, 4) is 0 Å². The van der Waals surface area contributed by atoms with E-state index in [1.165, 1.54) is 17.5 Å². The molecule has 25 heavy (non-hydrogen) atoms. The quantitative estimate of drug-likeness (QED) is 0.892. The highest BCUT2D eigenvalue weighted by atomic mass is 16.2. The van der Waals surface area contributed by atoms with E-state index in [1.807, 2.05) is 4.90 Å². The fraction of sp³-hybridized carbons (Fsp3) is 0.500. The van der Waals surface area contributed by atoms with Gasteiger partial charge in [0, 0.05) is 26.2 Å². The smallest absolute Gasteiger partial charge is 0.317 e. The average molecular weight is 340 g/mol. The largest absolute Gasteiger partial charge is 0.331 e. The van der Waals surface area contributed by atoms with Gasteiger partial charge in [0.15, 0.2) is 0 Å². The number of piperazine rings is 1. The van der Waals surface area contributed by atoms with Crippen molar-refractivity contribution in [1.82, 2.24) is 30.3 Å². The molecule has 1 saturated heterocycles. The second-order valence-corrected chi connectivity index (χ2v) is 6.79. The predicted octanol–water partition coefficient (Wildman–Crippen LogP) is 1.71. The van der Waals surface area contributed by atoms with Gasteiger partial charge in [-0.25, -0.2) is 9.78 Å². The van der Waals surface area contributed by atoms with Gasteiger partial charge in [0.05, 0.1) is 12.6 Å². The van der Waals surface area contributed by atoms with Gasteiger partial charge >= 0.3 is 6.03 Å². The van der Waals surface area contributed by atoms with Crippen LogP contribution in [0.1, 0.15) is 35.8 Å². The van der Waals surface area contributed by atoms with Gasteiger partial charge in [-0.05, 0) is 30.4 Å². The maximum Gasteiger partial charge on any atom is 0.317 e. The van der Waals surface area contributed by atoms with Crippen molar-refractivity contribution in [2.75, 3.05) is 26.2 Å². The summed E-state index contributed by atoms with van der Waals surface area (Å²) in [6.45, 7) is 3.96. The number of rotatable bonds is 3. The van der Waals surface area contributed by atoms with Crippen LogP contribution in [0.5, 0.6) is 0 Å². The van der Waals surface area contributed by atoms with Crippen LogP contribution < -0.4 is 5.32 Å². The molecule has 0 radical (unpaired) electrons. The predicted molar refractivity (Wildman–Crippen MR) is 93.9 cm³/mol. The third kappa shape index (κ3) is 3.66. The van der Waals surface area contributed by atoms with Crippen LogP contribution >= 0.6 is 0 Å². The van der Waals surface area contributed by atoms with Crippen molar-refractivity contribution in [2.45, 2.75) is 31.8 Å². The van der Waals surface area contributed by atoms with Gasteiger partial charge in [-0.2, -0.15) is 5.10 Å². The normalized spacial score (nSPS) is 21.0. The summed E-state index contributed by atoms with van der Waals surface area (Å²) in [5.41, 5.74) is 2.65. The van der Waals surface area contributed by atoms with Crippen LogP contribution in [0.25, 0.3) is 0 Å². The van der Waals surface area contributed by atoms with E-state index < -0.39 is 0 Å². The van der Waals surface area contributed by atoms with Crippen LogP contribution in [0.15, 0.2) is 30.6 Å². The SMILES string of the molecule is O=C(NC1CCCc2ccccc21)N1CCN(Cc2ncn[nH]2)CC1. The van der Waals surface area contributed by atoms with E-state index in [2.05, 4.69) is 49.7 Å². The van der Waals surface area contributed by atoms with Gasteiger partial charge in [0.2, 0.25) is 0 Å². The Morgan fingerprint density at radius 2 is 2.08 bits per heavy atom. The molecule has 1 fully saturated rings. The molecule has 1 aromatic heterocycles. The van der Waals surface area contributed by atoms with Crippen LogP contribution in [0.3, 0.4) is 0 Å². The van der Waals surface area contributed by atoms with Gasteiger partial charge < -0.3 is 10.2 Å². The Kier molecular flexibility index (Phi) is 4.65. The summed E-state index contributed by atoms with van der Waals surface area (Å²) in [7, 11) is 0. The van der Waals surface area contributed by atoms with Crippen molar-refractivity contribution in [2.24, 2.45) is 0 Å². The van der Waals surface area contributed by atoms with Gasteiger partial charge in [-0.15, -0.1) is 0 Å². The van der Waals surface area contributed by atoms with E-state index in [1.54, 1.807) is 0 Å². The number of hydrogen-bond acceptors (Lipinski definition) is 4. The fourth-order valence-electron chi connectivity index (χ4n) is 3.77. The third-order valence-corrected chi connectivity index (χ3v) is 5.16. The summed E-state index contributed by atoms with van der Waals surface area (Å²) in [6.07, 6.45) is 4.80. The fourth-order valence-corrected chi connectivity index (χ4v) is 3.77. The van der Waals surface area contributed by atoms with Crippen molar-refractivity contribution in [3.05, 3.63) is 47.5 Å². The zero-order valence-electron chi connectivity index (χ0n) is 14.3. The molecule has 2 aliphatic rings. The molecule has 4 rings (SSSR count). The number of urea groups is 1. The topological polar surface area (TPSA) is 77.2 Å². The monoisotopic (exact) mass is 340 g/mol. The molecule has 132 valence electrons. The maximum atomic E-state index is 12.7. The minimum absolute atomic E-state index is 0.0565. The van der Waals surface area contributed by atoms with E-state index in [4.69, 9.17) is 0 Å². The Labute approximate surface area is 147 Å². The lowest BCUT2D eigenvalue weighted by Gasteiger charge is -2.36. The number of aromatic nitrogens is 3. The highest BCUT2D eigenvalue weighted by molar-refractivity contribution is 5.75. The molecule has 7 nitrogen and oxygen atoms in total. The Hall–Kier alpha value is -2.41. The molecular formula is C18H24N6O. The Balaban J connectivity index is 1.31. The average Bonchev–Trinajstić information content (AvgIpc) is 3.16. The molecule has 0 bridgehead atoms. The molecule has 2 amide bonds. The number of fused-ring (bicyclic) bond motifs is 1.